The molecule has 3 atom stereocenters. The Morgan fingerprint density at radius 3 is 2.52 bits per heavy atom. The maximum Gasteiger partial charge on any atom is 0.315 e. The van der Waals surface area contributed by atoms with Crippen LogP contribution in [0.3, 0.4) is 0 Å². The highest BCUT2D eigenvalue weighted by molar-refractivity contribution is 5.96. The molecule has 25 heavy (non-hydrogen) atoms. The molecule has 136 valence electrons. The number of nitrogens with zero attached hydrogens (tertiary/aromatic N) is 3. The molecule has 4 rings (SSSR count). The standard InChI is InChI=1S/C17H24FN5O2/c1-16(2)9-3-4-17(16,7-10(9)18)13-12(14(19)24)11-8-22(15(20)25)5-6-23(11)21-13/h9-10H,3-8H2,1-2H3,(H2,19,24)(H2,20,25). The first kappa shape index (κ1) is 16.4. The van der Waals surface area contributed by atoms with Crippen molar-refractivity contribution in [2.45, 2.75) is 57.8 Å². The molecule has 1 aromatic heterocycles. The number of primary amides is 2. The first-order valence-corrected chi connectivity index (χ1v) is 8.77. The minimum absolute atomic E-state index is 0.0194. The number of alkyl halides is 1. The minimum atomic E-state index is -0.884. The lowest BCUT2D eigenvalue weighted by Gasteiger charge is -2.36. The minimum Gasteiger partial charge on any atom is -0.365 e. The molecule has 3 unspecified atom stereocenters. The zero-order valence-corrected chi connectivity index (χ0v) is 14.6. The summed E-state index contributed by atoms with van der Waals surface area (Å²) in [5.74, 6) is -0.590. The van der Waals surface area contributed by atoms with E-state index in [1.807, 2.05) is 0 Å². The van der Waals surface area contributed by atoms with Crippen LogP contribution in [0.15, 0.2) is 0 Å². The molecule has 2 bridgehead atoms. The van der Waals surface area contributed by atoms with Gasteiger partial charge >= 0.3 is 6.03 Å². The zero-order valence-electron chi connectivity index (χ0n) is 14.6. The highest BCUT2D eigenvalue weighted by Gasteiger charge is 2.66. The monoisotopic (exact) mass is 349 g/mol. The van der Waals surface area contributed by atoms with Gasteiger partial charge in [0.15, 0.2) is 0 Å². The Morgan fingerprint density at radius 2 is 2.00 bits per heavy atom. The highest BCUT2D eigenvalue weighted by atomic mass is 19.1. The number of urea groups is 1. The van der Waals surface area contributed by atoms with E-state index in [9.17, 15) is 14.0 Å². The number of carbonyl (C=O) groups excluding carboxylic acids is 2. The molecule has 2 saturated carbocycles. The number of carbonyl (C=O) groups is 2. The summed E-state index contributed by atoms with van der Waals surface area (Å²) >= 11 is 0. The summed E-state index contributed by atoms with van der Waals surface area (Å²) in [5, 5.41) is 4.72. The lowest BCUT2D eigenvalue weighted by molar-refractivity contribution is 0.0992. The first-order chi connectivity index (χ1) is 11.7. The molecule has 3 aliphatic rings. The van der Waals surface area contributed by atoms with Gasteiger partial charge in [0.1, 0.15) is 6.17 Å². The topological polar surface area (TPSA) is 107 Å². The predicted molar refractivity (Wildman–Crippen MR) is 88.4 cm³/mol. The molecular formula is C17H24FN5O2. The van der Waals surface area contributed by atoms with E-state index in [2.05, 4.69) is 13.8 Å². The molecular weight excluding hydrogens is 325 g/mol. The van der Waals surface area contributed by atoms with E-state index in [-0.39, 0.29) is 17.9 Å². The summed E-state index contributed by atoms with van der Waals surface area (Å²) in [6.45, 7) is 5.25. The summed E-state index contributed by atoms with van der Waals surface area (Å²) in [6.07, 6.45) is 1.09. The summed E-state index contributed by atoms with van der Waals surface area (Å²) < 4.78 is 16.4. The van der Waals surface area contributed by atoms with Crippen molar-refractivity contribution in [1.29, 1.82) is 0 Å². The normalized spacial score (nSPS) is 32.7. The van der Waals surface area contributed by atoms with E-state index in [0.717, 1.165) is 12.8 Å². The number of hydrogen-bond acceptors (Lipinski definition) is 3. The number of fused-ring (bicyclic) bond motifs is 3. The third kappa shape index (κ3) is 1.93. The van der Waals surface area contributed by atoms with Gasteiger partial charge in [-0.05, 0) is 30.6 Å². The molecule has 1 aliphatic heterocycles. The molecule has 4 N–H and O–H groups in total. The van der Waals surface area contributed by atoms with E-state index in [1.165, 1.54) is 4.90 Å². The van der Waals surface area contributed by atoms with Crippen molar-refractivity contribution in [2.75, 3.05) is 6.54 Å². The van der Waals surface area contributed by atoms with Gasteiger partial charge in [-0.2, -0.15) is 5.10 Å². The molecule has 0 saturated heterocycles. The second kappa shape index (κ2) is 4.95. The summed E-state index contributed by atoms with van der Waals surface area (Å²) in [4.78, 5) is 25.3. The van der Waals surface area contributed by atoms with Gasteiger partial charge in [-0.1, -0.05) is 13.8 Å². The maximum atomic E-state index is 14.6. The Morgan fingerprint density at radius 1 is 1.28 bits per heavy atom. The van der Waals surface area contributed by atoms with Crippen molar-refractivity contribution < 1.29 is 14.0 Å². The lowest BCUT2D eigenvalue weighted by Crippen LogP contribution is -2.42. The van der Waals surface area contributed by atoms with Gasteiger partial charge in [-0.15, -0.1) is 0 Å². The number of hydrogen-bond donors (Lipinski definition) is 2. The number of halogens is 1. The maximum absolute atomic E-state index is 14.6. The van der Waals surface area contributed by atoms with Crippen LogP contribution in [0.1, 0.15) is 54.9 Å². The Hall–Kier alpha value is -2.12. The van der Waals surface area contributed by atoms with E-state index >= 15 is 0 Å². The van der Waals surface area contributed by atoms with Crippen LogP contribution < -0.4 is 11.5 Å². The third-order valence-corrected chi connectivity index (χ3v) is 7.01. The molecule has 0 aromatic carbocycles. The van der Waals surface area contributed by atoms with Gasteiger partial charge in [0, 0.05) is 12.0 Å². The average Bonchev–Trinajstić information content (AvgIpc) is 3.09. The van der Waals surface area contributed by atoms with E-state index in [1.54, 1.807) is 4.68 Å². The molecule has 8 heteroatoms. The van der Waals surface area contributed by atoms with Crippen molar-refractivity contribution in [3.63, 3.8) is 0 Å². The lowest BCUT2D eigenvalue weighted by atomic mass is 9.66. The summed E-state index contributed by atoms with van der Waals surface area (Å²) in [6, 6.07) is -0.534. The van der Waals surface area contributed by atoms with E-state index < -0.39 is 23.5 Å². The summed E-state index contributed by atoms with van der Waals surface area (Å²) in [5.41, 5.74) is 11.9. The van der Waals surface area contributed by atoms with Crippen molar-refractivity contribution in [1.82, 2.24) is 14.7 Å². The second-order valence-corrected chi connectivity index (χ2v) is 8.19. The predicted octanol–water partition coefficient (Wildman–Crippen LogP) is 1.29. The van der Waals surface area contributed by atoms with Gasteiger partial charge < -0.3 is 16.4 Å². The molecule has 2 aliphatic carbocycles. The first-order valence-electron chi connectivity index (χ1n) is 8.77. The van der Waals surface area contributed by atoms with Gasteiger partial charge in [-0.3, -0.25) is 9.48 Å². The Kier molecular flexibility index (Phi) is 3.24. The van der Waals surface area contributed by atoms with Crippen LogP contribution in [0.2, 0.25) is 0 Å². The second-order valence-electron chi connectivity index (χ2n) is 8.19. The SMILES string of the molecule is CC1(C)C2CCC1(c1nn3c(c1C(N)=O)CN(C(N)=O)CC3)CC2F. The highest BCUT2D eigenvalue weighted by Crippen LogP contribution is 2.67. The fourth-order valence-corrected chi connectivity index (χ4v) is 5.53. The van der Waals surface area contributed by atoms with Crippen LogP contribution in [0.5, 0.6) is 0 Å². The fraction of sp³-hybridized carbons (Fsp3) is 0.706. The Balaban J connectivity index is 1.87. The number of rotatable bonds is 2. The van der Waals surface area contributed by atoms with Crippen LogP contribution in [-0.2, 0) is 18.5 Å². The quantitative estimate of drug-likeness (QED) is 0.840. The van der Waals surface area contributed by atoms with Gasteiger partial charge in [0.2, 0.25) is 0 Å². The van der Waals surface area contributed by atoms with Crippen LogP contribution in [-0.4, -0.2) is 39.3 Å². The number of aromatic nitrogens is 2. The molecule has 0 spiro atoms. The molecule has 2 heterocycles. The summed E-state index contributed by atoms with van der Waals surface area (Å²) in [7, 11) is 0. The van der Waals surface area contributed by atoms with Crippen molar-refractivity contribution >= 4 is 11.9 Å². The van der Waals surface area contributed by atoms with Crippen molar-refractivity contribution in [2.24, 2.45) is 22.8 Å². The van der Waals surface area contributed by atoms with Gasteiger partial charge in [0.25, 0.3) is 5.91 Å². The van der Waals surface area contributed by atoms with E-state index in [0.29, 0.717) is 36.5 Å². The Labute approximate surface area is 145 Å². The smallest absolute Gasteiger partial charge is 0.315 e. The molecule has 2 fully saturated rings. The van der Waals surface area contributed by atoms with E-state index in [4.69, 9.17) is 16.6 Å². The Bertz CT molecular complexity index is 773. The average molecular weight is 349 g/mol. The fourth-order valence-electron chi connectivity index (χ4n) is 5.53. The van der Waals surface area contributed by atoms with Crippen molar-refractivity contribution in [3.05, 3.63) is 17.0 Å². The number of nitrogens with two attached hydrogens (primary N) is 2. The van der Waals surface area contributed by atoms with Gasteiger partial charge in [0.05, 0.1) is 30.0 Å². The zero-order chi connectivity index (χ0) is 18.1. The van der Waals surface area contributed by atoms with Gasteiger partial charge in [-0.25, -0.2) is 9.18 Å². The molecule has 1 aromatic rings. The largest absolute Gasteiger partial charge is 0.365 e. The molecule has 7 nitrogen and oxygen atoms in total. The van der Waals surface area contributed by atoms with Crippen LogP contribution in [0.4, 0.5) is 9.18 Å². The number of amides is 3. The van der Waals surface area contributed by atoms with Crippen molar-refractivity contribution in [3.8, 4) is 0 Å². The van der Waals surface area contributed by atoms with Crippen LogP contribution in [0.25, 0.3) is 0 Å². The molecule has 3 amide bonds. The van der Waals surface area contributed by atoms with Crippen LogP contribution >= 0.6 is 0 Å². The third-order valence-electron chi connectivity index (χ3n) is 7.01. The molecule has 0 radical (unpaired) electrons. The van der Waals surface area contributed by atoms with Crippen LogP contribution in [0, 0.1) is 11.3 Å².